The second kappa shape index (κ2) is 4.44. The fraction of sp³-hybridized carbons (Fsp3) is 0.267. The van der Waals surface area contributed by atoms with E-state index in [1.807, 2.05) is 24.7 Å². The molecule has 1 aliphatic rings. The van der Waals surface area contributed by atoms with Gasteiger partial charge in [-0.25, -0.2) is 4.98 Å². The summed E-state index contributed by atoms with van der Waals surface area (Å²) >= 11 is 0. The van der Waals surface area contributed by atoms with Gasteiger partial charge >= 0.3 is 0 Å². The summed E-state index contributed by atoms with van der Waals surface area (Å²) in [7, 11) is 0. The second-order valence-corrected chi connectivity index (χ2v) is 5.48. The van der Waals surface area contributed by atoms with E-state index in [1.54, 1.807) is 12.3 Å². The number of carbonyl (C=O) groups is 1. The quantitative estimate of drug-likeness (QED) is 0.689. The van der Waals surface area contributed by atoms with Gasteiger partial charge in [0, 0.05) is 41.8 Å². The predicted molar refractivity (Wildman–Crippen MR) is 78.8 cm³/mol. The largest absolute Gasteiger partial charge is 0.399 e. The highest BCUT2D eigenvalue weighted by atomic mass is 16.2. The molecule has 0 aliphatic carbocycles. The third-order valence-corrected chi connectivity index (χ3v) is 4.12. The van der Waals surface area contributed by atoms with Crippen molar-refractivity contribution in [1.82, 2.24) is 19.3 Å². The van der Waals surface area contributed by atoms with Gasteiger partial charge in [-0.3, -0.25) is 4.79 Å². The molecule has 1 aromatic carbocycles. The third kappa shape index (κ3) is 1.91. The lowest BCUT2D eigenvalue weighted by atomic mass is 9.95. The van der Waals surface area contributed by atoms with Crippen LogP contribution >= 0.6 is 0 Å². The van der Waals surface area contributed by atoms with Crippen LogP contribution in [0.4, 0.5) is 5.69 Å². The Morgan fingerprint density at radius 2 is 2.24 bits per heavy atom. The molecule has 106 valence electrons. The molecular weight excluding hydrogens is 266 g/mol. The predicted octanol–water partition coefficient (Wildman–Crippen LogP) is 1.72. The Kier molecular flexibility index (Phi) is 2.57. The van der Waals surface area contributed by atoms with Crippen molar-refractivity contribution in [2.75, 3.05) is 5.73 Å². The van der Waals surface area contributed by atoms with Crippen molar-refractivity contribution in [3.05, 3.63) is 42.6 Å². The van der Waals surface area contributed by atoms with Crippen LogP contribution in [0.3, 0.4) is 0 Å². The molecule has 0 fully saturated rings. The molecule has 0 spiro atoms. The highest BCUT2D eigenvalue weighted by Crippen LogP contribution is 2.24. The zero-order chi connectivity index (χ0) is 14.4. The summed E-state index contributed by atoms with van der Waals surface area (Å²) in [6, 6.07) is 5.48. The molecule has 2 aromatic heterocycles. The zero-order valence-corrected chi connectivity index (χ0v) is 11.4. The standard InChI is InChI=1S/C15H15N5O/c16-12-1-2-14-11(5-12)7-18-20(14)15(21)10-3-4-19-9-17-8-13(19)6-10/h1-2,5,7-10H,3-4,6,16H2. The Labute approximate surface area is 121 Å². The Morgan fingerprint density at radius 3 is 3.14 bits per heavy atom. The van der Waals surface area contributed by atoms with Crippen LogP contribution in [0.5, 0.6) is 0 Å². The van der Waals surface area contributed by atoms with Crippen LogP contribution < -0.4 is 5.73 Å². The third-order valence-electron chi connectivity index (χ3n) is 4.12. The summed E-state index contributed by atoms with van der Waals surface area (Å²) in [5.41, 5.74) is 8.36. The molecule has 3 aromatic rings. The van der Waals surface area contributed by atoms with E-state index in [0.717, 1.165) is 36.0 Å². The number of nitrogen functional groups attached to an aromatic ring is 1. The van der Waals surface area contributed by atoms with Crippen LogP contribution in [0, 0.1) is 5.92 Å². The molecule has 1 unspecified atom stereocenters. The number of nitrogens with two attached hydrogens (primary N) is 1. The van der Waals surface area contributed by atoms with Gasteiger partial charge in [0.05, 0.1) is 18.0 Å². The highest BCUT2D eigenvalue weighted by Gasteiger charge is 2.27. The first-order valence-corrected chi connectivity index (χ1v) is 6.99. The van der Waals surface area contributed by atoms with E-state index in [2.05, 4.69) is 14.6 Å². The molecule has 0 radical (unpaired) electrons. The van der Waals surface area contributed by atoms with Crippen LogP contribution in [0.1, 0.15) is 16.9 Å². The van der Waals surface area contributed by atoms with E-state index in [0.29, 0.717) is 5.69 Å². The van der Waals surface area contributed by atoms with Crippen molar-refractivity contribution >= 4 is 22.5 Å². The Hall–Kier alpha value is -2.63. The van der Waals surface area contributed by atoms with E-state index in [1.165, 1.54) is 4.68 Å². The maximum Gasteiger partial charge on any atom is 0.250 e. The van der Waals surface area contributed by atoms with Crippen LogP contribution in [-0.2, 0) is 13.0 Å². The number of fused-ring (bicyclic) bond motifs is 2. The zero-order valence-electron chi connectivity index (χ0n) is 11.4. The first-order valence-electron chi connectivity index (χ1n) is 6.99. The molecule has 6 heteroatoms. The number of benzene rings is 1. The molecular formula is C15H15N5O. The van der Waals surface area contributed by atoms with Crippen molar-refractivity contribution in [2.24, 2.45) is 5.92 Å². The summed E-state index contributed by atoms with van der Waals surface area (Å²) in [5.74, 6) is -0.00271. The van der Waals surface area contributed by atoms with E-state index in [-0.39, 0.29) is 11.8 Å². The number of aromatic nitrogens is 4. The summed E-state index contributed by atoms with van der Waals surface area (Å²) < 4.78 is 3.61. The summed E-state index contributed by atoms with van der Waals surface area (Å²) in [6.07, 6.45) is 6.88. The fourth-order valence-electron chi connectivity index (χ4n) is 2.98. The van der Waals surface area contributed by atoms with Crippen molar-refractivity contribution in [1.29, 1.82) is 0 Å². The fourth-order valence-corrected chi connectivity index (χ4v) is 2.98. The smallest absolute Gasteiger partial charge is 0.250 e. The van der Waals surface area contributed by atoms with Gasteiger partial charge in [-0.1, -0.05) is 0 Å². The lowest BCUT2D eigenvalue weighted by Gasteiger charge is -2.22. The summed E-state index contributed by atoms with van der Waals surface area (Å²) in [4.78, 5) is 16.9. The maximum absolute atomic E-state index is 12.7. The van der Waals surface area contributed by atoms with Crippen LogP contribution in [-0.4, -0.2) is 25.2 Å². The van der Waals surface area contributed by atoms with Crippen LogP contribution in [0.15, 0.2) is 36.9 Å². The molecule has 3 heterocycles. The SMILES string of the molecule is Nc1ccc2c(cnn2C(=O)C2CCn3cncc3C2)c1. The minimum absolute atomic E-state index is 0.0437. The monoisotopic (exact) mass is 281 g/mol. The number of nitrogens with zero attached hydrogens (tertiary/aromatic N) is 4. The van der Waals surface area contributed by atoms with Gasteiger partial charge in [0.2, 0.25) is 0 Å². The molecule has 0 amide bonds. The van der Waals surface area contributed by atoms with Gasteiger partial charge in [0.25, 0.3) is 5.91 Å². The van der Waals surface area contributed by atoms with E-state index in [4.69, 9.17) is 5.73 Å². The lowest BCUT2D eigenvalue weighted by Crippen LogP contribution is -2.29. The van der Waals surface area contributed by atoms with Crippen molar-refractivity contribution < 1.29 is 4.79 Å². The Morgan fingerprint density at radius 1 is 1.33 bits per heavy atom. The average Bonchev–Trinajstić information content (AvgIpc) is 3.11. The second-order valence-electron chi connectivity index (χ2n) is 5.48. The van der Waals surface area contributed by atoms with Gasteiger partial charge < -0.3 is 10.3 Å². The number of imidazole rings is 1. The van der Waals surface area contributed by atoms with Gasteiger partial charge in [-0.05, 0) is 24.6 Å². The van der Waals surface area contributed by atoms with E-state index in [9.17, 15) is 4.79 Å². The number of anilines is 1. The normalized spacial score (nSPS) is 17.8. The average molecular weight is 281 g/mol. The topological polar surface area (TPSA) is 78.7 Å². The minimum atomic E-state index is -0.0464. The molecule has 21 heavy (non-hydrogen) atoms. The van der Waals surface area contributed by atoms with Crippen molar-refractivity contribution in [3.63, 3.8) is 0 Å². The van der Waals surface area contributed by atoms with Crippen molar-refractivity contribution in [2.45, 2.75) is 19.4 Å². The molecule has 1 aliphatic heterocycles. The van der Waals surface area contributed by atoms with Crippen molar-refractivity contribution in [3.8, 4) is 0 Å². The molecule has 6 nitrogen and oxygen atoms in total. The number of rotatable bonds is 1. The molecule has 0 bridgehead atoms. The van der Waals surface area contributed by atoms with E-state index >= 15 is 0 Å². The van der Waals surface area contributed by atoms with Gasteiger partial charge in [0.1, 0.15) is 0 Å². The van der Waals surface area contributed by atoms with E-state index < -0.39 is 0 Å². The molecule has 0 saturated heterocycles. The summed E-state index contributed by atoms with van der Waals surface area (Å²) in [5, 5.41) is 5.14. The molecule has 0 saturated carbocycles. The number of hydrogen-bond acceptors (Lipinski definition) is 4. The first kappa shape index (κ1) is 12.1. The lowest BCUT2D eigenvalue weighted by molar-refractivity contribution is 0.0801. The summed E-state index contributed by atoms with van der Waals surface area (Å²) in [6.45, 7) is 0.831. The Balaban J connectivity index is 1.68. The molecule has 1 atom stereocenters. The Bertz CT molecular complexity index is 832. The van der Waals surface area contributed by atoms with Crippen LogP contribution in [0.2, 0.25) is 0 Å². The number of carbonyl (C=O) groups excluding carboxylic acids is 1. The number of aryl methyl sites for hydroxylation is 1. The van der Waals surface area contributed by atoms with Gasteiger partial charge in [-0.2, -0.15) is 9.78 Å². The molecule has 2 N–H and O–H groups in total. The maximum atomic E-state index is 12.7. The van der Waals surface area contributed by atoms with Crippen LogP contribution in [0.25, 0.3) is 10.9 Å². The first-order chi connectivity index (χ1) is 10.2. The highest BCUT2D eigenvalue weighted by molar-refractivity contribution is 5.93. The molecule has 4 rings (SSSR count). The van der Waals surface area contributed by atoms with Gasteiger partial charge in [-0.15, -0.1) is 0 Å². The number of hydrogen-bond donors (Lipinski definition) is 1. The van der Waals surface area contributed by atoms with Gasteiger partial charge in [0.15, 0.2) is 0 Å². The minimum Gasteiger partial charge on any atom is -0.399 e.